The first-order chi connectivity index (χ1) is 18.1. The van der Waals surface area contributed by atoms with Crippen LogP contribution in [0.2, 0.25) is 10.0 Å². The van der Waals surface area contributed by atoms with Crippen LogP contribution in [-0.2, 0) is 14.8 Å². The molecule has 0 aliphatic rings. The fourth-order valence-electron chi connectivity index (χ4n) is 3.60. The van der Waals surface area contributed by atoms with E-state index in [1.165, 1.54) is 13.1 Å². The quantitative estimate of drug-likeness (QED) is 0.186. The van der Waals surface area contributed by atoms with Gasteiger partial charge in [-0.1, -0.05) is 41.4 Å². The van der Waals surface area contributed by atoms with Crippen molar-refractivity contribution in [2.45, 2.75) is 13.0 Å². The van der Waals surface area contributed by atoms with Gasteiger partial charge in [0.15, 0.2) is 0 Å². The van der Waals surface area contributed by atoms with E-state index >= 15 is 0 Å². The lowest BCUT2D eigenvalue weighted by Gasteiger charge is -2.27. The van der Waals surface area contributed by atoms with Crippen LogP contribution in [0.25, 0.3) is 11.3 Å². The second-order valence-corrected chi connectivity index (χ2v) is 10.9. The average Bonchev–Trinajstić information content (AvgIpc) is 3.33. The molecule has 0 fully saturated rings. The predicted octanol–water partition coefficient (Wildman–Crippen LogP) is 6.35. The van der Waals surface area contributed by atoms with Crippen molar-refractivity contribution in [3.8, 4) is 22.8 Å². The molecule has 3 aromatic carbocycles. The molecule has 1 amide bonds. The van der Waals surface area contributed by atoms with Crippen LogP contribution in [0.4, 0.5) is 5.69 Å². The second-order valence-electron chi connectivity index (χ2n) is 8.20. The highest BCUT2D eigenvalue weighted by Crippen LogP contribution is 2.31. The lowest BCUT2D eigenvalue weighted by atomic mass is 10.2. The van der Waals surface area contributed by atoms with E-state index in [-0.39, 0.29) is 0 Å². The van der Waals surface area contributed by atoms with Crippen LogP contribution >= 0.6 is 23.2 Å². The number of amides is 1. The molecule has 0 unspecified atom stereocenters. The summed E-state index contributed by atoms with van der Waals surface area (Å²) in [4.78, 5) is 12.8. The summed E-state index contributed by atoms with van der Waals surface area (Å²) in [5, 5.41) is 4.84. The van der Waals surface area contributed by atoms with Gasteiger partial charge in [-0.15, -0.1) is 0 Å². The van der Waals surface area contributed by atoms with Gasteiger partial charge in [0.2, 0.25) is 10.0 Å². The Labute approximate surface area is 230 Å². The maximum absolute atomic E-state index is 12.8. The number of rotatable bonds is 9. The van der Waals surface area contributed by atoms with Crippen LogP contribution in [0, 0.1) is 0 Å². The van der Waals surface area contributed by atoms with Crippen molar-refractivity contribution < 1.29 is 22.4 Å². The van der Waals surface area contributed by atoms with Crippen molar-refractivity contribution in [3.05, 3.63) is 101 Å². The molecule has 8 nitrogen and oxygen atoms in total. The van der Waals surface area contributed by atoms with E-state index in [1.807, 2.05) is 18.2 Å². The number of nitrogens with zero attached hydrogens (tertiary/aromatic N) is 2. The molecule has 0 aliphatic heterocycles. The van der Waals surface area contributed by atoms with Crippen LogP contribution in [0.15, 0.2) is 94.4 Å². The Balaban J connectivity index is 1.43. The SMILES string of the molecule is C[C@H](C(=O)N/N=C\c1ccc(-c2ccc(Cl)cc2Cl)o1)N(c1ccc(Oc2ccccc2)cc1)S(C)(=O)=O. The summed E-state index contributed by atoms with van der Waals surface area (Å²) in [6, 6.07) is 22.9. The largest absolute Gasteiger partial charge is 0.457 e. The van der Waals surface area contributed by atoms with Gasteiger partial charge in [0.25, 0.3) is 5.91 Å². The van der Waals surface area contributed by atoms with E-state index in [4.69, 9.17) is 32.4 Å². The monoisotopic (exact) mass is 571 g/mol. The zero-order chi connectivity index (χ0) is 27.3. The first-order valence-corrected chi connectivity index (χ1v) is 13.9. The minimum atomic E-state index is -3.81. The fraction of sp³-hybridized carbons (Fsp3) is 0.111. The van der Waals surface area contributed by atoms with Crippen molar-refractivity contribution in [2.75, 3.05) is 10.6 Å². The van der Waals surface area contributed by atoms with Gasteiger partial charge in [-0.25, -0.2) is 13.8 Å². The second kappa shape index (κ2) is 11.7. The third-order valence-electron chi connectivity index (χ3n) is 5.35. The molecule has 38 heavy (non-hydrogen) atoms. The number of sulfonamides is 1. The third kappa shape index (κ3) is 6.74. The molecule has 0 bridgehead atoms. The zero-order valence-corrected chi connectivity index (χ0v) is 22.7. The van der Waals surface area contributed by atoms with Crippen LogP contribution in [-0.4, -0.2) is 32.8 Å². The highest BCUT2D eigenvalue weighted by atomic mass is 35.5. The standard InChI is InChI=1S/C27H23Cl2N3O5S/c1-18(27(33)31-30-17-23-13-15-26(37-23)24-14-8-19(28)16-25(24)29)32(38(2,34)35)20-9-11-22(12-10-20)36-21-6-4-3-5-7-21/h3-18H,1-2H3,(H,31,33)/b30-17-/t18-/m1/s1. The molecule has 0 aliphatic carbocycles. The van der Waals surface area contributed by atoms with Crippen LogP contribution < -0.4 is 14.5 Å². The summed E-state index contributed by atoms with van der Waals surface area (Å²) >= 11 is 12.2. The molecule has 0 saturated carbocycles. The smallest absolute Gasteiger partial charge is 0.263 e. The first kappa shape index (κ1) is 27.3. The van der Waals surface area contributed by atoms with E-state index in [1.54, 1.807) is 66.7 Å². The highest BCUT2D eigenvalue weighted by molar-refractivity contribution is 7.92. The molecule has 4 aromatic rings. The summed E-state index contributed by atoms with van der Waals surface area (Å²) in [5.74, 6) is 1.38. The molecule has 1 heterocycles. The molecule has 11 heteroatoms. The number of carbonyl (C=O) groups excluding carboxylic acids is 1. The van der Waals surface area contributed by atoms with Crippen molar-refractivity contribution >= 4 is 51.0 Å². The van der Waals surface area contributed by atoms with Gasteiger partial charge in [-0.05, 0) is 73.7 Å². The predicted molar refractivity (Wildman–Crippen MR) is 150 cm³/mol. The summed E-state index contributed by atoms with van der Waals surface area (Å²) in [7, 11) is -3.81. The molecule has 4 rings (SSSR count). The minimum Gasteiger partial charge on any atom is -0.457 e. The molecule has 0 saturated heterocycles. The maximum atomic E-state index is 12.8. The summed E-state index contributed by atoms with van der Waals surface area (Å²) in [6.07, 6.45) is 2.33. The topological polar surface area (TPSA) is 101 Å². The number of hydrogen-bond acceptors (Lipinski definition) is 6. The van der Waals surface area contributed by atoms with Gasteiger partial charge in [-0.3, -0.25) is 9.10 Å². The number of para-hydroxylation sites is 1. The van der Waals surface area contributed by atoms with Crippen LogP contribution in [0.3, 0.4) is 0 Å². The normalized spacial score (nSPS) is 12.3. The first-order valence-electron chi connectivity index (χ1n) is 11.3. The van der Waals surface area contributed by atoms with Crippen molar-refractivity contribution in [3.63, 3.8) is 0 Å². The summed E-state index contributed by atoms with van der Waals surface area (Å²) < 4.78 is 37.6. The molecule has 196 valence electrons. The van der Waals surface area contributed by atoms with E-state index in [0.29, 0.717) is 44.3 Å². The van der Waals surface area contributed by atoms with Crippen molar-refractivity contribution in [1.29, 1.82) is 0 Å². The number of furan rings is 1. The number of anilines is 1. The Bertz CT molecular complexity index is 1560. The Hall–Kier alpha value is -3.79. The molecule has 0 radical (unpaired) electrons. The summed E-state index contributed by atoms with van der Waals surface area (Å²) in [5.41, 5.74) is 3.31. The van der Waals surface area contributed by atoms with E-state index < -0.39 is 22.0 Å². The molecule has 1 atom stereocenters. The summed E-state index contributed by atoms with van der Waals surface area (Å²) in [6.45, 7) is 1.47. The van der Waals surface area contributed by atoms with E-state index in [9.17, 15) is 13.2 Å². The molecule has 0 spiro atoms. The number of ether oxygens (including phenoxy) is 1. The molecular formula is C27H23Cl2N3O5S. The van der Waals surface area contributed by atoms with E-state index in [0.717, 1.165) is 10.6 Å². The van der Waals surface area contributed by atoms with Gasteiger partial charge in [0.05, 0.1) is 23.2 Å². The number of hydrazone groups is 1. The fourth-order valence-corrected chi connectivity index (χ4v) is 5.28. The number of halogens is 2. The molecule has 1 aromatic heterocycles. The van der Waals surface area contributed by atoms with Gasteiger partial charge < -0.3 is 9.15 Å². The Morgan fingerprint density at radius 3 is 2.34 bits per heavy atom. The lowest BCUT2D eigenvalue weighted by molar-refractivity contribution is -0.121. The van der Waals surface area contributed by atoms with Crippen LogP contribution in [0.5, 0.6) is 11.5 Å². The van der Waals surface area contributed by atoms with Crippen LogP contribution in [0.1, 0.15) is 12.7 Å². The average molecular weight is 572 g/mol. The van der Waals surface area contributed by atoms with Gasteiger partial charge >= 0.3 is 0 Å². The number of benzene rings is 3. The van der Waals surface area contributed by atoms with Crippen molar-refractivity contribution in [2.24, 2.45) is 5.10 Å². The molecule has 1 N–H and O–H groups in total. The number of nitrogens with one attached hydrogen (secondary N) is 1. The minimum absolute atomic E-state index is 0.301. The zero-order valence-electron chi connectivity index (χ0n) is 20.3. The van der Waals surface area contributed by atoms with Gasteiger partial charge in [0.1, 0.15) is 29.1 Å². The molecular weight excluding hydrogens is 549 g/mol. The number of hydrogen-bond donors (Lipinski definition) is 1. The van der Waals surface area contributed by atoms with Crippen molar-refractivity contribution in [1.82, 2.24) is 5.43 Å². The Kier molecular flexibility index (Phi) is 8.41. The third-order valence-corrected chi connectivity index (χ3v) is 7.14. The highest BCUT2D eigenvalue weighted by Gasteiger charge is 2.29. The van der Waals surface area contributed by atoms with E-state index in [2.05, 4.69) is 10.5 Å². The Morgan fingerprint density at radius 1 is 1.00 bits per heavy atom. The van der Waals surface area contributed by atoms with Gasteiger partial charge in [0, 0.05) is 10.6 Å². The van der Waals surface area contributed by atoms with Gasteiger partial charge in [-0.2, -0.15) is 5.10 Å². The number of carbonyl (C=O) groups is 1. The maximum Gasteiger partial charge on any atom is 0.263 e. The Morgan fingerprint density at radius 2 is 1.68 bits per heavy atom. The lowest BCUT2D eigenvalue weighted by Crippen LogP contribution is -2.46.